The van der Waals surface area contributed by atoms with E-state index in [0.717, 1.165) is 18.4 Å². The minimum Gasteiger partial charge on any atom is -0.388 e. The molecule has 114 valence electrons. The Balaban J connectivity index is 1.88. The van der Waals surface area contributed by atoms with Gasteiger partial charge in [0.05, 0.1) is 17.6 Å². The van der Waals surface area contributed by atoms with Gasteiger partial charge in [-0.2, -0.15) is 0 Å². The number of aliphatic hydroxyl groups excluding tert-OH is 1. The van der Waals surface area contributed by atoms with E-state index in [1.807, 2.05) is 12.1 Å². The molecule has 1 aromatic carbocycles. The molecule has 2 unspecified atom stereocenters. The Morgan fingerprint density at radius 3 is 2.86 bits per heavy atom. The number of hydrogen-bond donors (Lipinski definition) is 2. The van der Waals surface area contributed by atoms with Crippen LogP contribution in [0.3, 0.4) is 0 Å². The van der Waals surface area contributed by atoms with Crippen molar-refractivity contribution in [2.45, 2.75) is 25.4 Å². The fraction of sp³-hybridized carbons (Fsp3) is 0.533. The van der Waals surface area contributed by atoms with Crippen molar-refractivity contribution in [3.8, 4) is 0 Å². The minimum atomic E-state index is -3.02. The lowest BCUT2D eigenvalue weighted by Gasteiger charge is -2.18. The molecular weight excluding hydrogens is 290 g/mol. The molecule has 2 N–H and O–H groups in total. The fourth-order valence-electron chi connectivity index (χ4n) is 3.13. The first-order valence-electron chi connectivity index (χ1n) is 7.26. The smallest absolute Gasteiger partial charge is 0.251 e. The van der Waals surface area contributed by atoms with E-state index >= 15 is 0 Å². The lowest BCUT2D eigenvalue weighted by atomic mass is 9.92. The Bertz CT molecular complexity index is 668. The summed E-state index contributed by atoms with van der Waals surface area (Å²) in [5, 5.41) is 13.2. The molecule has 2 aliphatic heterocycles. The molecule has 1 amide bonds. The molecule has 0 bridgehead atoms. The number of nitrogens with one attached hydrogen (secondary N) is 1. The van der Waals surface area contributed by atoms with Gasteiger partial charge in [0, 0.05) is 18.0 Å². The summed E-state index contributed by atoms with van der Waals surface area (Å²) in [5.74, 6) is -0.227. The molecule has 3 rings (SSSR count). The van der Waals surface area contributed by atoms with E-state index in [4.69, 9.17) is 0 Å². The Labute approximate surface area is 124 Å². The second-order valence-corrected chi connectivity index (χ2v) is 8.11. The van der Waals surface area contributed by atoms with Crippen LogP contribution in [0.4, 0.5) is 0 Å². The number of carbonyl (C=O) groups is 1. The first-order valence-corrected chi connectivity index (χ1v) is 9.08. The van der Waals surface area contributed by atoms with Gasteiger partial charge in [-0.1, -0.05) is 12.1 Å². The van der Waals surface area contributed by atoms with Gasteiger partial charge in [0.25, 0.3) is 5.91 Å². The monoisotopic (exact) mass is 309 g/mol. The average molecular weight is 309 g/mol. The van der Waals surface area contributed by atoms with Crippen LogP contribution in [0.1, 0.15) is 40.4 Å². The third-order valence-corrected chi connectivity index (χ3v) is 6.14. The van der Waals surface area contributed by atoms with Gasteiger partial charge in [-0.25, -0.2) is 8.42 Å². The zero-order valence-corrected chi connectivity index (χ0v) is 12.5. The summed E-state index contributed by atoms with van der Waals surface area (Å²) in [6.45, 7) is 0.659. The standard InChI is InChI=1S/C15H19NO4S/c17-14(12-5-7-21(19,20)9-12)11-4-3-10-2-1-6-16-15(18)13(10)8-11/h3-4,8,12,14,17H,1-2,5-7,9H2,(H,16,18). The molecular formula is C15H19NO4S. The second-order valence-electron chi connectivity index (χ2n) is 5.88. The lowest BCUT2D eigenvalue weighted by molar-refractivity contribution is 0.0954. The maximum absolute atomic E-state index is 12.0. The summed E-state index contributed by atoms with van der Waals surface area (Å²) in [6.07, 6.45) is 1.39. The van der Waals surface area contributed by atoms with Crippen molar-refractivity contribution in [3.05, 3.63) is 34.9 Å². The fourth-order valence-corrected chi connectivity index (χ4v) is 4.96. The minimum absolute atomic E-state index is 0.0252. The molecule has 21 heavy (non-hydrogen) atoms. The molecule has 6 heteroatoms. The van der Waals surface area contributed by atoms with Crippen LogP contribution in [0.2, 0.25) is 0 Å². The SMILES string of the molecule is O=C1NCCCc2ccc(C(O)C3CCS(=O)(=O)C3)cc21. The van der Waals surface area contributed by atoms with Gasteiger partial charge in [-0.05, 0) is 36.5 Å². The quantitative estimate of drug-likeness (QED) is 0.847. The van der Waals surface area contributed by atoms with Crippen molar-refractivity contribution in [1.82, 2.24) is 5.32 Å². The number of benzene rings is 1. The summed E-state index contributed by atoms with van der Waals surface area (Å²) in [7, 11) is -3.02. The number of sulfone groups is 1. The third kappa shape index (κ3) is 2.96. The van der Waals surface area contributed by atoms with Crippen LogP contribution in [0, 0.1) is 5.92 Å². The van der Waals surface area contributed by atoms with Gasteiger partial charge in [-0.3, -0.25) is 4.79 Å². The molecule has 0 aromatic heterocycles. The molecule has 2 heterocycles. The predicted octanol–water partition coefficient (Wildman–Crippen LogP) is 0.831. The van der Waals surface area contributed by atoms with Crippen LogP contribution >= 0.6 is 0 Å². The number of carbonyl (C=O) groups excluding carboxylic acids is 1. The van der Waals surface area contributed by atoms with Gasteiger partial charge in [0.2, 0.25) is 0 Å². The van der Waals surface area contributed by atoms with Gasteiger partial charge < -0.3 is 10.4 Å². The summed E-state index contributed by atoms with van der Waals surface area (Å²) < 4.78 is 23.1. The van der Waals surface area contributed by atoms with Crippen molar-refractivity contribution in [2.24, 2.45) is 5.92 Å². The molecule has 1 saturated heterocycles. The Morgan fingerprint density at radius 2 is 2.14 bits per heavy atom. The van der Waals surface area contributed by atoms with Gasteiger partial charge in [-0.15, -0.1) is 0 Å². The van der Waals surface area contributed by atoms with Crippen molar-refractivity contribution in [1.29, 1.82) is 0 Å². The molecule has 1 aromatic rings. The highest BCUT2D eigenvalue weighted by molar-refractivity contribution is 7.91. The van der Waals surface area contributed by atoms with E-state index in [1.165, 1.54) is 0 Å². The number of amides is 1. The summed E-state index contributed by atoms with van der Waals surface area (Å²) in [5.41, 5.74) is 2.22. The molecule has 0 aliphatic carbocycles. The number of rotatable bonds is 2. The highest BCUT2D eigenvalue weighted by Gasteiger charge is 2.34. The number of aryl methyl sites for hydroxylation is 1. The molecule has 2 aliphatic rings. The average Bonchev–Trinajstić information content (AvgIpc) is 2.72. The van der Waals surface area contributed by atoms with Crippen molar-refractivity contribution in [2.75, 3.05) is 18.1 Å². The first kappa shape index (κ1) is 14.5. The summed E-state index contributed by atoms with van der Waals surface area (Å²) in [6, 6.07) is 5.40. The summed E-state index contributed by atoms with van der Waals surface area (Å²) in [4.78, 5) is 12.0. The van der Waals surface area contributed by atoms with Crippen LogP contribution in [0.5, 0.6) is 0 Å². The Hall–Kier alpha value is -1.40. The Morgan fingerprint density at radius 1 is 1.33 bits per heavy atom. The largest absolute Gasteiger partial charge is 0.388 e. The highest BCUT2D eigenvalue weighted by Crippen LogP contribution is 2.32. The third-order valence-electron chi connectivity index (χ3n) is 4.34. The van der Waals surface area contributed by atoms with E-state index in [1.54, 1.807) is 6.07 Å². The van der Waals surface area contributed by atoms with Crippen LogP contribution in [0.25, 0.3) is 0 Å². The van der Waals surface area contributed by atoms with Crippen LogP contribution in [-0.2, 0) is 16.3 Å². The first-order chi connectivity index (χ1) is 9.96. The highest BCUT2D eigenvalue weighted by atomic mass is 32.2. The maximum Gasteiger partial charge on any atom is 0.251 e. The predicted molar refractivity (Wildman–Crippen MR) is 78.8 cm³/mol. The normalized spacial score (nSPS) is 25.8. The molecule has 1 fully saturated rings. The van der Waals surface area contributed by atoms with Crippen LogP contribution < -0.4 is 5.32 Å². The van der Waals surface area contributed by atoms with Gasteiger partial charge in [0.1, 0.15) is 0 Å². The molecule has 5 nitrogen and oxygen atoms in total. The van der Waals surface area contributed by atoms with Gasteiger partial charge >= 0.3 is 0 Å². The van der Waals surface area contributed by atoms with E-state index in [-0.39, 0.29) is 23.3 Å². The van der Waals surface area contributed by atoms with Crippen molar-refractivity contribution in [3.63, 3.8) is 0 Å². The molecule has 2 atom stereocenters. The number of fused-ring (bicyclic) bond motifs is 1. The van der Waals surface area contributed by atoms with E-state index in [9.17, 15) is 18.3 Å². The van der Waals surface area contributed by atoms with Crippen molar-refractivity contribution < 1.29 is 18.3 Å². The van der Waals surface area contributed by atoms with E-state index in [0.29, 0.717) is 24.1 Å². The van der Waals surface area contributed by atoms with Gasteiger partial charge in [0.15, 0.2) is 9.84 Å². The van der Waals surface area contributed by atoms with Crippen molar-refractivity contribution >= 4 is 15.7 Å². The zero-order chi connectivity index (χ0) is 15.0. The van der Waals surface area contributed by atoms with Crippen LogP contribution in [-0.4, -0.2) is 37.5 Å². The summed E-state index contributed by atoms with van der Waals surface area (Å²) >= 11 is 0. The molecule has 0 spiro atoms. The zero-order valence-electron chi connectivity index (χ0n) is 11.7. The number of hydrogen-bond acceptors (Lipinski definition) is 4. The Kier molecular flexibility index (Phi) is 3.75. The second kappa shape index (κ2) is 5.42. The van der Waals surface area contributed by atoms with E-state index in [2.05, 4.69) is 5.32 Å². The number of aliphatic hydroxyl groups is 1. The lowest BCUT2D eigenvalue weighted by Crippen LogP contribution is -2.23. The molecule has 0 radical (unpaired) electrons. The maximum atomic E-state index is 12.0. The van der Waals surface area contributed by atoms with E-state index < -0.39 is 15.9 Å². The van der Waals surface area contributed by atoms with Crippen LogP contribution in [0.15, 0.2) is 18.2 Å². The topological polar surface area (TPSA) is 83.5 Å². The molecule has 0 saturated carbocycles.